The Morgan fingerprint density at radius 1 is 1.26 bits per heavy atom. The fraction of sp³-hybridized carbons (Fsp3) is 0.632. The molecule has 0 radical (unpaired) electrons. The second kappa shape index (κ2) is 9.02. The summed E-state index contributed by atoms with van der Waals surface area (Å²) in [6.45, 7) is 7.74. The van der Waals surface area contributed by atoms with E-state index in [-0.39, 0.29) is 12.6 Å². The zero-order valence-corrected chi connectivity index (χ0v) is 14.3. The molecule has 1 unspecified atom stereocenters. The van der Waals surface area contributed by atoms with Gasteiger partial charge in [0.2, 0.25) is 0 Å². The van der Waals surface area contributed by atoms with Gasteiger partial charge in [0.25, 0.3) is 0 Å². The molecule has 0 aliphatic carbocycles. The molecule has 1 aromatic rings. The number of benzene rings is 1. The van der Waals surface area contributed by atoms with Gasteiger partial charge in [-0.15, -0.1) is 0 Å². The van der Waals surface area contributed by atoms with Crippen molar-refractivity contribution in [2.24, 2.45) is 5.92 Å². The number of aliphatic hydroxyl groups excluding tert-OH is 1. The first-order chi connectivity index (χ1) is 11.1. The van der Waals surface area contributed by atoms with Crippen LogP contribution >= 0.6 is 0 Å². The van der Waals surface area contributed by atoms with Gasteiger partial charge in [-0.25, -0.2) is 0 Å². The summed E-state index contributed by atoms with van der Waals surface area (Å²) in [4.78, 5) is 2.47. The molecular formula is C19H29N3O. The lowest BCUT2D eigenvalue weighted by Gasteiger charge is -2.34. The highest BCUT2D eigenvalue weighted by molar-refractivity contribution is 5.31. The number of rotatable bonds is 7. The fourth-order valence-electron chi connectivity index (χ4n) is 3.30. The van der Waals surface area contributed by atoms with E-state index in [9.17, 15) is 5.11 Å². The molecule has 0 aromatic heterocycles. The minimum absolute atomic E-state index is 0.226. The van der Waals surface area contributed by atoms with Crippen molar-refractivity contribution in [3.63, 3.8) is 0 Å². The number of aliphatic hydroxyl groups is 1. The Labute approximate surface area is 140 Å². The highest BCUT2D eigenvalue weighted by atomic mass is 16.3. The first kappa shape index (κ1) is 17.9. The van der Waals surface area contributed by atoms with E-state index in [0.717, 1.165) is 44.5 Å². The molecule has 1 saturated heterocycles. The topological polar surface area (TPSA) is 59.3 Å². The summed E-state index contributed by atoms with van der Waals surface area (Å²) in [5.74, 6) is 0.608. The number of hydrogen-bond donors (Lipinski definition) is 2. The number of likely N-dealkylation sites (tertiary alicyclic amines) is 1. The Morgan fingerprint density at radius 3 is 2.43 bits per heavy atom. The lowest BCUT2D eigenvalue weighted by atomic mass is 9.99. The van der Waals surface area contributed by atoms with Crippen LogP contribution in [-0.2, 0) is 6.54 Å². The van der Waals surface area contributed by atoms with Gasteiger partial charge in [-0.2, -0.15) is 5.26 Å². The molecule has 2 rings (SSSR count). The molecule has 4 heteroatoms. The van der Waals surface area contributed by atoms with Crippen LogP contribution in [0.5, 0.6) is 0 Å². The predicted octanol–water partition coefficient (Wildman–Crippen LogP) is 2.52. The number of nitriles is 1. The molecule has 2 N–H and O–H groups in total. The van der Waals surface area contributed by atoms with Crippen molar-refractivity contribution >= 4 is 0 Å². The summed E-state index contributed by atoms with van der Waals surface area (Å²) in [6.07, 6.45) is 3.29. The van der Waals surface area contributed by atoms with Crippen molar-refractivity contribution in [2.45, 2.75) is 51.7 Å². The van der Waals surface area contributed by atoms with E-state index in [1.807, 2.05) is 24.3 Å². The molecule has 126 valence electrons. The van der Waals surface area contributed by atoms with E-state index < -0.39 is 0 Å². The Kier molecular flexibility index (Phi) is 7.04. The van der Waals surface area contributed by atoms with Crippen LogP contribution in [-0.4, -0.2) is 41.8 Å². The zero-order valence-electron chi connectivity index (χ0n) is 14.3. The van der Waals surface area contributed by atoms with Gasteiger partial charge in [-0.05, 0) is 56.0 Å². The van der Waals surface area contributed by atoms with E-state index in [0.29, 0.717) is 12.0 Å². The summed E-state index contributed by atoms with van der Waals surface area (Å²) in [5.41, 5.74) is 1.99. The third-order valence-electron chi connectivity index (χ3n) is 4.52. The average Bonchev–Trinajstić information content (AvgIpc) is 2.56. The Balaban J connectivity index is 1.75. The minimum atomic E-state index is 0.226. The molecule has 0 bridgehead atoms. The first-order valence-electron chi connectivity index (χ1n) is 8.69. The van der Waals surface area contributed by atoms with Crippen LogP contribution in [0.15, 0.2) is 24.3 Å². The molecule has 1 fully saturated rings. The van der Waals surface area contributed by atoms with Crippen LogP contribution in [0.3, 0.4) is 0 Å². The average molecular weight is 315 g/mol. The van der Waals surface area contributed by atoms with Crippen LogP contribution < -0.4 is 5.32 Å². The maximum absolute atomic E-state index is 9.50. The van der Waals surface area contributed by atoms with Crippen molar-refractivity contribution in [1.29, 1.82) is 5.26 Å². The molecule has 1 atom stereocenters. The molecule has 23 heavy (non-hydrogen) atoms. The number of nitrogens with zero attached hydrogens (tertiary/aromatic N) is 2. The van der Waals surface area contributed by atoms with Gasteiger partial charge < -0.3 is 10.4 Å². The second-order valence-corrected chi connectivity index (χ2v) is 7.03. The Hall–Kier alpha value is -1.41. The second-order valence-electron chi connectivity index (χ2n) is 7.03. The van der Waals surface area contributed by atoms with Crippen LogP contribution in [0.4, 0.5) is 0 Å². The molecule has 0 amide bonds. The Morgan fingerprint density at radius 2 is 1.91 bits per heavy atom. The van der Waals surface area contributed by atoms with Gasteiger partial charge in [-0.1, -0.05) is 26.0 Å². The molecule has 4 nitrogen and oxygen atoms in total. The van der Waals surface area contributed by atoms with Crippen LogP contribution in [0, 0.1) is 17.2 Å². The van der Waals surface area contributed by atoms with Gasteiger partial charge in [0.05, 0.1) is 18.2 Å². The van der Waals surface area contributed by atoms with Gasteiger partial charge >= 0.3 is 0 Å². The maximum atomic E-state index is 9.50. The summed E-state index contributed by atoms with van der Waals surface area (Å²) in [7, 11) is 0. The van der Waals surface area contributed by atoms with Crippen LogP contribution in [0.2, 0.25) is 0 Å². The Bertz CT molecular complexity index is 498. The highest BCUT2D eigenvalue weighted by Crippen LogP contribution is 2.16. The molecule has 1 aliphatic heterocycles. The third-order valence-corrected chi connectivity index (χ3v) is 4.52. The summed E-state index contributed by atoms with van der Waals surface area (Å²) in [6, 6.07) is 10.8. The van der Waals surface area contributed by atoms with E-state index in [2.05, 4.69) is 30.1 Å². The third kappa shape index (κ3) is 5.95. The standard InChI is InChI=1S/C19H29N3O/c1-15(2)11-19(14-23)21-18-7-9-22(10-8-18)13-17-5-3-16(12-20)4-6-17/h3-6,15,18-19,21,23H,7-11,13-14H2,1-2H3. The van der Waals surface area contributed by atoms with Crippen molar-refractivity contribution in [3.05, 3.63) is 35.4 Å². The molecular weight excluding hydrogens is 286 g/mol. The lowest BCUT2D eigenvalue weighted by Crippen LogP contribution is -2.47. The molecule has 0 saturated carbocycles. The molecule has 1 aliphatic rings. The fourth-order valence-corrected chi connectivity index (χ4v) is 3.30. The smallest absolute Gasteiger partial charge is 0.0991 e. The summed E-state index contributed by atoms with van der Waals surface area (Å²) >= 11 is 0. The van der Waals surface area contributed by atoms with E-state index >= 15 is 0 Å². The molecule has 0 spiro atoms. The number of hydrogen-bond acceptors (Lipinski definition) is 4. The number of piperidine rings is 1. The molecule has 1 aromatic carbocycles. The lowest BCUT2D eigenvalue weighted by molar-refractivity contribution is 0.159. The highest BCUT2D eigenvalue weighted by Gasteiger charge is 2.21. The van der Waals surface area contributed by atoms with E-state index in [1.165, 1.54) is 5.56 Å². The van der Waals surface area contributed by atoms with Gasteiger partial charge in [0.1, 0.15) is 0 Å². The normalized spacial score (nSPS) is 18.0. The first-order valence-corrected chi connectivity index (χ1v) is 8.69. The van der Waals surface area contributed by atoms with Crippen LogP contribution in [0.25, 0.3) is 0 Å². The summed E-state index contributed by atoms with van der Waals surface area (Å²) in [5, 5.41) is 22.0. The van der Waals surface area contributed by atoms with Gasteiger partial charge in [0.15, 0.2) is 0 Å². The van der Waals surface area contributed by atoms with Gasteiger partial charge in [0, 0.05) is 18.6 Å². The molecule has 1 heterocycles. The van der Waals surface area contributed by atoms with Crippen molar-refractivity contribution in [3.8, 4) is 6.07 Å². The SMILES string of the molecule is CC(C)CC(CO)NC1CCN(Cc2ccc(C#N)cc2)CC1. The summed E-state index contributed by atoms with van der Waals surface area (Å²) < 4.78 is 0. The quantitative estimate of drug-likeness (QED) is 0.812. The number of nitrogens with one attached hydrogen (secondary N) is 1. The van der Waals surface area contributed by atoms with Gasteiger partial charge in [-0.3, -0.25) is 4.90 Å². The van der Waals surface area contributed by atoms with Crippen molar-refractivity contribution in [2.75, 3.05) is 19.7 Å². The monoisotopic (exact) mass is 315 g/mol. The van der Waals surface area contributed by atoms with E-state index in [1.54, 1.807) is 0 Å². The van der Waals surface area contributed by atoms with Crippen molar-refractivity contribution in [1.82, 2.24) is 10.2 Å². The van der Waals surface area contributed by atoms with Crippen molar-refractivity contribution < 1.29 is 5.11 Å². The van der Waals surface area contributed by atoms with Crippen LogP contribution in [0.1, 0.15) is 44.2 Å². The maximum Gasteiger partial charge on any atom is 0.0991 e. The van der Waals surface area contributed by atoms with E-state index in [4.69, 9.17) is 5.26 Å². The predicted molar refractivity (Wildman–Crippen MR) is 92.9 cm³/mol. The largest absolute Gasteiger partial charge is 0.395 e. The zero-order chi connectivity index (χ0) is 16.7. The minimum Gasteiger partial charge on any atom is -0.395 e.